The molecule has 5 heteroatoms. The molecule has 0 radical (unpaired) electrons. The number of nitrogens with one attached hydrogen (secondary N) is 1. The predicted octanol–water partition coefficient (Wildman–Crippen LogP) is 5.27. The van der Waals surface area contributed by atoms with Crippen LogP contribution in [0.15, 0.2) is 42.0 Å². The van der Waals surface area contributed by atoms with Crippen molar-refractivity contribution >= 4 is 23.4 Å². The zero-order valence-corrected chi connectivity index (χ0v) is 18.5. The summed E-state index contributed by atoms with van der Waals surface area (Å²) in [6.45, 7) is 8.76. The number of amides is 1. The molecule has 0 unspecified atom stereocenters. The number of methoxy groups -OCH3 is 1. The molecule has 2 aromatic carbocycles. The monoisotopic (exact) mass is 403 g/mol. The second-order valence-electron chi connectivity index (χ2n) is 8.60. The van der Waals surface area contributed by atoms with Gasteiger partial charge in [-0.05, 0) is 92.3 Å². The maximum absolute atomic E-state index is 12.7. The van der Waals surface area contributed by atoms with E-state index in [4.69, 9.17) is 4.74 Å². The summed E-state index contributed by atoms with van der Waals surface area (Å²) < 4.78 is 5.13. The summed E-state index contributed by atoms with van der Waals surface area (Å²) in [5, 5.41) is 12.4. The van der Waals surface area contributed by atoms with E-state index in [1.54, 1.807) is 37.5 Å². The number of rotatable bonds is 4. The number of anilines is 2. The van der Waals surface area contributed by atoms with E-state index in [1.807, 2.05) is 13.0 Å². The summed E-state index contributed by atoms with van der Waals surface area (Å²) in [5.74, 6) is 0.680. The molecule has 0 spiro atoms. The highest BCUT2D eigenvalue weighted by atomic mass is 16.5. The normalized spacial score (nSPS) is 17.7. The molecular formula is C25H29N3O2. The third-order valence-corrected chi connectivity index (χ3v) is 6.03. The Labute approximate surface area is 179 Å². The third-order valence-electron chi connectivity index (χ3n) is 6.03. The predicted molar refractivity (Wildman–Crippen MR) is 122 cm³/mol. The molecule has 1 aliphatic rings. The van der Waals surface area contributed by atoms with Crippen LogP contribution in [-0.2, 0) is 4.79 Å². The number of carbonyl (C=O) groups excluding carboxylic acids is 1. The van der Waals surface area contributed by atoms with Crippen molar-refractivity contribution in [2.75, 3.05) is 24.4 Å². The fraction of sp³-hybridized carbons (Fsp3) is 0.360. The minimum absolute atomic E-state index is 0.0750. The zero-order chi connectivity index (χ0) is 22.1. The number of carbonyl (C=O) groups is 1. The van der Waals surface area contributed by atoms with E-state index in [0.717, 1.165) is 17.5 Å². The molecule has 1 atom stereocenters. The molecule has 0 bridgehead atoms. The second kappa shape index (κ2) is 8.23. The molecule has 0 aromatic heterocycles. The molecule has 30 heavy (non-hydrogen) atoms. The van der Waals surface area contributed by atoms with Gasteiger partial charge in [-0.25, -0.2) is 0 Å². The topological polar surface area (TPSA) is 65.4 Å². The molecule has 2 aromatic rings. The van der Waals surface area contributed by atoms with E-state index in [9.17, 15) is 10.1 Å². The van der Waals surface area contributed by atoms with Crippen molar-refractivity contribution in [1.29, 1.82) is 5.26 Å². The number of hydrogen-bond donors (Lipinski definition) is 1. The van der Waals surface area contributed by atoms with Gasteiger partial charge in [-0.2, -0.15) is 5.26 Å². The molecule has 1 aliphatic heterocycles. The fourth-order valence-electron chi connectivity index (χ4n) is 4.07. The van der Waals surface area contributed by atoms with Gasteiger partial charge >= 0.3 is 0 Å². The van der Waals surface area contributed by atoms with Crippen molar-refractivity contribution in [1.82, 2.24) is 0 Å². The number of nitriles is 1. The first-order valence-electron chi connectivity index (χ1n) is 10.1. The molecule has 0 saturated carbocycles. The van der Waals surface area contributed by atoms with Crippen molar-refractivity contribution in [3.8, 4) is 11.8 Å². The Morgan fingerprint density at radius 2 is 1.97 bits per heavy atom. The fourth-order valence-corrected chi connectivity index (χ4v) is 4.07. The summed E-state index contributed by atoms with van der Waals surface area (Å²) in [6, 6.07) is 13.3. The zero-order valence-electron chi connectivity index (χ0n) is 18.5. The van der Waals surface area contributed by atoms with Crippen molar-refractivity contribution < 1.29 is 9.53 Å². The Kier molecular flexibility index (Phi) is 5.89. The minimum Gasteiger partial charge on any atom is -0.497 e. The quantitative estimate of drug-likeness (QED) is 0.558. The van der Waals surface area contributed by atoms with Crippen molar-refractivity contribution in [3.63, 3.8) is 0 Å². The summed E-state index contributed by atoms with van der Waals surface area (Å²) in [5.41, 5.74) is 5.18. The Bertz CT molecular complexity index is 1030. The van der Waals surface area contributed by atoms with Gasteiger partial charge in [0, 0.05) is 24.0 Å². The van der Waals surface area contributed by atoms with Crippen LogP contribution in [0.5, 0.6) is 5.75 Å². The van der Waals surface area contributed by atoms with E-state index in [1.165, 1.54) is 11.3 Å². The molecular weight excluding hydrogens is 374 g/mol. The van der Waals surface area contributed by atoms with E-state index in [2.05, 4.69) is 50.2 Å². The smallest absolute Gasteiger partial charge is 0.266 e. The Hall–Kier alpha value is -3.26. The van der Waals surface area contributed by atoms with Gasteiger partial charge in [0.25, 0.3) is 5.91 Å². The second-order valence-corrected chi connectivity index (χ2v) is 8.60. The van der Waals surface area contributed by atoms with Gasteiger partial charge in [0.15, 0.2) is 0 Å². The first-order chi connectivity index (χ1) is 14.2. The number of hydrogen-bond acceptors (Lipinski definition) is 4. The van der Waals surface area contributed by atoms with Crippen LogP contribution >= 0.6 is 0 Å². The SMILES string of the molecule is COc1ccc(NC(=O)/C(C#N)=C\c2cc3c(cc2C)N(C)C(C)(C)C[C@H]3C)cc1. The average Bonchev–Trinajstić information content (AvgIpc) is 2.71. The highest BCUT2D eigenvalue weighted by Crippen LogP contribution is 2.43. The van der Waals surface area contributed by atoms with Gasteiger partial charge in [-0.3, -0.25) is 4.79 Å². The minimum atomic E-state index is -0.425. The van der Waals surface area contributed by atoms with Gasteiger partial charge in [0.2, 0.25) is 0 Å². The lowest BCUT2D eigenvalue weighted by atomic mass is 9.79. The highest BCUT2D eigenvalue weighted by Gasteiger charge is 2.34. The molecule has 1 N–H and O–H groups in total. The number of fused-ring (bicyclic) bond motifs is 1. The van der Waals surface area contributed by atoms with E-state index in [0.29, 0.717) is 17.4 Å². The molecule has 156 valence electrons. The van der Waals surface area contributed by atoms with Gasteiger partial charge in [-0.15, -0.1) is 0 Å². The van der Waals surface area contributed by atoms with Crippen molar-refractivity contribution in [3.05, 3.63) is 58.7 Å². The van der Waals surface area contributed by atoms with E-state index >= 15 is 0 Å². The molecule has 0 fully saturated rings. The lowest BCUT2D eigenvalue weighted by Crippen LogP contribution is -2.45. The lowest BCUT2D eigenvalue weighted by molar-refractivity contribution is -0.112. The molecule has 0 aliphatic carbocycles. The maximum Gasteiger partial charge on any atom is 0.266 e. The van der Waals surface area contributed by atoms with Gasteiger partial charge < -0.3 is 15.0 Å². The molecule has 3 rings (SSSR count). The standard InChI is InChI=1S/C25H29N3O2/c1-16-11-23-22(17(2)14-25(3,4)28(23)5)13-18(16)12-19(15-26)24(29)27-20-7-9-21(30-6)10-8-20/h7-13,17H,14H2,1-6H3,(H,27,29)/b19-12-/t17-/m1/s1. The van der Waals surface area contributed by atoms with Crippen LogP contribution in [0.1, 0.15) is 49.8 Å². The Morgan fingerprint density at radius 1 is 1.30 bits per heavy atom. The van der Waals surface area contributed by atoms with Crippen LogP contribution in [0.4, 0.5) is 11.4 Å². The summed E-state index contributed by atoms with van der Waals surface area (Å²) >= 11 is 0. The van der Waals surface area contributed by atoms with E-state index in [-0.39, 0.29) is 11.1 Å². The van der Waals surface area contributed by atoms with Crippen molar-refractivity contribution in [2.45, 2.75) is 45.6 Å². The average molecular weight is 404 g/mol. The van der Waals surface area contributed by atoms with Crippen molar-refractivity contribution in [2.24, 2.45) is 0 Å². The maximum atomic E-state index is 12.7. The first kappa shape index (κ1) is 21.4. The molecule has 1 amide bonds. The van der Waals surface area contributed by atoms with Crippen LogP contribution in [0.3, 0.4) is 0 Å². The summed E-state index contributed by atoms with van der Waals surface area (Å²) in [4.78, 5) is 15.0. The molecule has 1 heterocycles. The van der Waals surface area contributed by atoms with E-state index < -0.39 is 5.91 Å². The largest absolute Gasteiger partial charge is 0.497 e. The Balaban J connectivity index is 1.91. The third kappa shape index (κ3) is 4.18. The molecule has 0 saturated heterocycles. The number of aryl methyl sites for hydroxylation is 1. The Morgan fingerprint density at radius 3 is 2.57 bits per heavy atom. The van der Waals surface area contributed by atoms with Gasteiger partial charge in [0.1, 0.15) is 17.4 Å². The van der Waals surface area contributed by atoms with Gasteiger partial charge in [-0.1, -0.05) is 6.92 Å². The van der Waals surface area contributed by atoms with Crippen LogP contribution in [-0.4, -0.2) is 25.6 Å². The highest BCUT2D eigenvalue weighted by molar-refractivity contribution is 6.09. The molecule has 5 nitrogen and oxygen atoms in total. The number of nitrogens with zero attached hydrogens (tertiary/aromatic N) is 2. The van der Waals surface area contributed by atoms with Crippen LogP contribution < -0.4 is 15.0 Å². The summed E-state index contributed by atoms with van der Waals surface area (Å²) in [7, 11) is 3.72. The van der Waals surface area contributed by atoms with Crippen LogP contribution in [0, 0.1) is 18.3 Å². The van der Waals surface area contributed by atoms with Crippen LogP contribution in [0.2, 0.25) is 0 Å². The van der Waals surface area contributed by atoms with Gasteiger partial charge in [0.05, 0.1) is 7.11 Å². The first-order valence-corrected chi connectivity index (χ1v) is 10.1. The number of ether oxygens (including phenoxy) is 1. The lowest BCUT2D eigenvalue weighted by Gasteiger charge is -2.45. The number of benzene rings is 2. The van der Waals surface area contributed by atoms with Crippen LogP contribution in [0.25, 0.3) is 6.08 Å². The summed E-state index contributed by atoms with van der Waals surface area (Å²) in [6.07, 6.45) is 2.73.